The maximum atomic E-state index is 12.6. The lowest BCUT2D eigenvalue weighted by Gasteiger charge is -2.30. The zero-order valence-electron chi connectivity index (χ0n) is 12.4. The van der Waals surface area contributed by atoms with E-state index in [1.165, 1.54) is 0 Å². The van der Waals surface area contributed by atoms with Crippen LogP contribution in [0.25, 0.3) is 0 Å². The Morgan fingerprint density at radius 3 is 2.50 bits per heavy atom. The van der Waals surface area contributed by atoms with Crippen LogP contribution in [-0.2, 0) is 9.59 Å². The van der Waals surface area contributed by atoms with Gasteiger partial charge in [-0.2, -0.15) is 0 Å². The number of hydrogen-bond acceptors (Lipinski definition) is 3. The first kappa shape index (κ1) is 15.3. The Morgan fingerprint density at radius 1 is 1.30 bits per heavy atom. The summed E-state index contributed by atoms with van der Waals surface area (Å²) in [5.74, 6) is -0.415. The molecule has 5 nitrogen and oxygen atoms in total. The van der Waals surface area contributed by atoms with Crippen LogP contribution in [0.4, 0.5) is 0 Å². The second-order valence-corrected chi connectivity index (χ2v) is 6.23. The molecule has 1 aliphatic heterocycles. The fourth-order valence-corrected chi connectivity index (χ4v) is 4.04. The highest BCUT2D eigenvalue weighted by atomic mass is 16.4. The summed E-state index contributed by atoms with van der Waals surface area (Å²) in [6.07, 6.45) is 4.74. The Balaban J connectivity index is 2.14. The summed E-state index contributed by atoms with van der Waals surface area (Å²) in [4.78, 5) is 25.7. The van der Waals surface area contributed by atoms with Gasteiger partial charge in [-0.25, -0.2) is 4.79 Å². The van der Waals surface area contributed by atoms with Crippen LogP contribution in [-0.4, -0.2) is 40.5 Å². The van der Waals surface area contributed by atoms with E-state index < -0.39 is 18.1 Å². The lowest BCUT2D eigenvalue weighted by atomic mass is 9.92. The molecule has 0 radical (unpaired) electrons. The molecule has 0 aromatic carbocycles. The molecule has 2 aliphatic rings. The van der Waals surface area contributed by atoms with Gasteiger partial charge in [0.1, 0.15) is 6.04 Å². The third kappa shape index (κ3) is 2.55. The van der Waals surface area contributed by atoms with Crippen LogP contribution in [0.15, 0.2) is 0 Å². The Bertz CT molecular complexity index is 381. The minimum Gasteiger partial charge on any atom is -0.480 e. The second kappa shape index (κ2) is 6.12. The number of nitrogens with zero attached hydrogens (tertiary/aromatic N) is 1. The summed E-state index contributed by atoms with van der Waals surface area (Å²) in [5, 5.41) is 9.48. The predicted octanol–water partition coefficient (Wildman–Crippen LogP) is 1.46. The van der Waals surface area contributed by atoms with Gasteiger partial charge in [0.2, 0.25) is 5.91 Å². The molecule has 1 saturated carbocycles. The number of hydrogen-bond donors (Lipinski definition) is 2. The van der Waals surface area contributed by atoms with E-state index in [1.807, 2.05) is 13.8 Å². The van der Waals surface area contributed by atoms with Crippen molar-refractivity contribution in [2.45, 2.75) is 58.0 Å². The number of carboxylic acid groups (broad SMARTS) is 1. The van der Waals surface area contributed by atoms with Crippen molar-refractivity contribution in [3.8, 4) is 0 Å². The number of amides is 1. The maximum absolute atomic E-state index is 12.6. The molecule has 114 valence electrons. The Hall–Kier alpha value is -1.10. The van der Waals surface area contributed by atoms with Crippen molar-refractivity contribution < 1.29 is 14.7 Å². The first-order chi connectivity index (χ1) is 9.51. The molecular weight excluding hydrogens is 256 g/mol. The van der Waals surface area contributed by atoms with Gasteiger partial charge in [0.05, 0.1) is 6.04 Å². The van der Waals surface area contributed by atoms with E-state index in [1.54, 1.807) is 4.90 Å². The highest BCUT2D eigenvalue weighted by Gasteiger charge is 2.50. The zero-order chi connectivity index (χ0) is 14.9. The average Bonchev–Trinajstić information content (AvgIpc) is 2.98. The summed E-state index contributed by atoms with van der Waals surface area (Å²) in [6, 6.07) is -1.22. The van der Waals surface area contributed by atoms with E-state index in [-0.39, 0.29) is 17.7 Å². The Kier molecular flexibility index (Phi) is 4.68. The van der Waals surface area contributed by atoms with Crippen LogP contribution in [0.1, 0.15) is 46.0 Å². The number of nitrogens with two attached hydrogens (primary N) is 1. The third-order valence-electron chi connectivity index (χ3n) is 5.27. The third-order valence-corrected chi connectivity index (χ3v) is 5.27. The van der Waals surface area contributed by atoms with E-state index in [0.29, 0.717) is 12.5 Å². The van der Waals surface area contributed by atoms with Crippen molar-refractivity contribution in [2.75, 3.05) is 6.54 Å². The molecule has 1 amide bonds. The zero-order valence-corrected chi connectivity index (χ0v) is 12.4. The van der Waals surface area contributed by atoms with Gasteiger partial charge in [-0.15, -0.1) is 0 Å². The summed E-state index contributed by atoms with van der Waals surface area (Å²) < 4.78 is 0. The van der Waals surface area contributed by atoms with Gasteiger partial charge in [-0.1, -0.05) is 33.1 Å². The number of rotatable bonds is 5. The molecular formula is C15H26N2O3. The van der Waals surface area contributed by atoms with Crippen molar-refractivity contribution in [2.24, 2.45) is 23.5 Å². The molecule has 1 saturated heterocycles. The molecule has 4 atom stereocenters. The number of carbonyl (C=O) groups is 2. The standard InChI is InChI=1S/C15H26N2O3/c1-3-9(4-2)12(16)14(18)17-8-10-6-5-7-11(10)13(17)15(19)20/h9-13H,3-8,16H2,1-2H3,(H,19,20)/t10-,11-,12-,13-/m0/s1. The molecule has 20 heavy (non-hydrogen) atoms. The summed E-state index contributed by atoms with van der Waals surface area (Å²) in [7, 11) is 0. The van der Waals surface area contributed by atoms with E-state index >= 15 is 0 Å². The molecule has 0 spiro atoms. The Morgan fingerprint density at radius 2 is 1.95 bits per heavy atom. The summed E-state index contributed by atoms with van der Waals surface area (Å²) in [6.45, 7) is 4.62. The smallest absolute Gasteiger partial charge is 0.326 e. The van der Waals surface area contributed by atoms with Crippen LogP contribution >= 0.6 is 0 Å². The topological polar surface area (TPSA) is 83.6 Å². The van der Waals surface area contributed by atoms with Crippen LogP contribution < -0.4 is 5.73 Å². The number of aliphatic carboxylic acids is 1. The van der Waals surface area contributed by atoms with Gasteiger partial charge < -0.3 is 15.7 Å². The van der Waals surface area contributed by atoms with Crippen molar-refractivity contribution in [1.29, 1.82) is 0 Å². The van der Waals surface area contributed by atoms with Crippen molar-refractivity contribution in [1.82, 2.24) is 4.90 Å². The normalized spacial score (nSPS) is 30.6. The minimum absolute atomic E-state index is 0.130. The number of fused-ring (bicyclic) bond motifs is 1. The molecule has 1 aliphatic carbocycles. The lowest BCUT2D eigenvalue weighted by molar-refractivity contribution is -0.150. The van der Waals surface area contributed by atoms with E-state index in [9.17, 15) is 14.7 Å². The highest BCUT2D eigenvalue weighted by molar-refractivity contribution is 5.88. The van der Waals surface area contributed by atoms with Crippen molar-refractivity contribution in [3.63, 3.8) is 0 Å². The molecule has 2 fully saturated rings. The average molecular weight is 282 g/mol. The molecule has 3 N–H and O–H groups in total. The highest BCUT2D eigenvalue weighted by Crippen LogP contribution is 2.42. The molecule has 2 rings (SSSR count). The lowest BCUT2D eigenvalue weighted by Crippen LogP contribution is -2.52. The summed E-state index contributed by atoms with van der Waals surface area (Å²) >= 11 is 0. The largest absolute Gasteiger partial charge is 0.480 e. The molecule has 0 unspecified atom stereocenters. The molecule has 5 heteroatoms. The molecule has 0 aromatic rings. The van der Waals surface area contributed by atoms with Crippen LogP contribution in [0.3, 0.4) is 0 Å². The summed E-state index contributed by atoms with van der Waals surface area (Å²) in [5.41, 5.74) is 6.09. The van der Waals surface area contributed by atoms with Gasteiger partial charge in [0.25, 0.3) is 0 Å². The van der Waals surface area contributed by atoms with Gasteiger partial charge >= 0.3 is 5.97 Å². The quantitative estimate of drug-likeness (QED) is 0.799. The van der Waals surface area contributed by atoms with Crippen LogP contribution in [0.5, 0.6) is 0 Å². The first-order valence-electron chi connectivity index (χ1n) is 7.80. The first-order valence-corrected chi connectivity index (χ1v) is 7.80. The number of carbonyl (C=O) groups excluding carboxylic acids is 1. The maximum Gasteiger partial charge on any atom is 0.326 e. The van der Waals surface area contributed by atoms with Gasteiger partial charge in [0.15, 0.2) is 0 Å². The van der Waals surface area contributed by atoms with Gasteiger partial charge in [-0.05, 0) is 30.6 Å². The van der Waals surface area contributed by atoms with Crippen molar-refractivity contribution >= 4 is 11.9 Å². The van der Waals surface area contributed by atoms with E-state index in [4.69, 9.17) is 5.73 Å². The van der Waals surface area contributed by atoms with Gasteiger partial charge in [0, 0.05) is 6.54 Å². The monoisotopic (exact) mass is 282 g/mol. The fourth-order valence-electron chi connectivity index (χ4n) is 4.04. The van der Waals surface area contributed by atoms with E-state index in [2.05, 4.69) is 0 Å². The number of likely N-dealkylation sites (tertiary alicyclic amines) is 1. The molecule has 0 aromatic heterocycles. The molecule has 0 bridgehead atoms. The van der Waals surface area contributed by atoms with Crippen LogP contribution in [0, 0.1) is 17.8 Å². The molecule has 1 heterocycles. The fraction of sp³-hybridized carbons (Fsp3) is 0.867. The Labute approximate surface area is 120 Å². The predicted molar refractivity (Wildman–Crippen MR) is 76.0 cm³/mol. The number of carboxylic acids is 1. The van der Waals surface area contributed by atoms with Crippen molar-refractivity contribution in [3.05, 3.63) is 0 Å². The SMILES string of the molecule is CCC(CC)[C@H](N)C(=O)N1C[C@@H]2CCC[C@@H]2[C@H]1C(=O)O. The van der Waals surface area contributed by atoms with Gasteiger partial charge in [-0.3, -0.25) is 4.79 Å². The minimum atomic E-state index is -0.871. The van der Waals surface area contributed by atoms with E-state index in [0.717, 1.165) is 32.1 Å². The second-order valence-electron chi connectivity index (χ2n) is 6.23. The van der Waals surface area contributed by atoms with Crippen LogP contribution in [0.2, 0.25) is 0 Å².